The van der Waals surface area contributed by atoms with E-state index in [0.717, 1.165) is 48.4 Å². The number of hydrogen-bond donors (Lipinski definition) is 7. The summed E-state index contributed by atoms with van der Waals surface area (Å²) in [5.74, 6) is -4.39. The first-order valence-corrected chi connectivity index (χ1v) is 18.8. The third-order valence-corrected chi connectivity index (χ3v) is 9.84. The van der Waals surface area contributed by atoms with Gasteiger partial charge in [-0.2, -0.15) is 26.3 Å². The number of aromatic nitrogens is 1. The summed E-state index contributed by atoms with van der Waals surface area (Å²) >= 11 is 0. The monoisotopic (exact) mass is 861 g/mol. The van der Waals surface area contributed by atoms with Gasteiger partial charge < -0.3 is 40.6 Å². The molecule has 2 heterocycles. The van der Waals surface area contributed by atoms with Gasteiger partial charge in [-0.05, 0) is 79.4 Å². The quantitative estimate of drug-likeness (QED) is 0.0492. The molecule has 1 aliphatic rings. The second-order valence-electron chi connectivity index (χ2n) is 14.4. The second kappa shape index (κ2) is 20.4. The van der Waals surface area contributed by atoms with E-state index in [9.17, 15) is 46.5 Å². The molecule has 1 aromatic heterocycles. The van der Waals surface area contributed by atoms with Crippen LogP contribution in [0.4, 0.5) is 26.3 Å². The average Bonchev–Trinajstić information content (AvgIpc) is 3.18. The van der Waals surface area contributed by atoms with Gasteiger partial charge in [0.1, 0.15) is 17.2 Å². The first kappa shape index (κ1) is 47.6. The lowest BCUT2D eigenvalue weighted by Crippen LogP contribution is -2.61. The largest absolute Gasteiger partial charge is 0.508 e. The number of carbonyl (C=O) groups is 2. The molecular weight excluding hydrogens is 816 g/mol. The lowest BCUT2D eigenvalue weighted by Gasteiger charge is -2.53. The van der Waals surface area contributed by atoms with Crippen LogP contribution in [-0.4, -0.2) is 98.5 Å². The predicted octanol–water partition coefficient (Wildman–Crippen LogP) is 6.70. The van der Waals surface area contributed by atoms with Gasteiger partial charge in [0.15, 0.2) is 0 Å². The van der Waals surface area contributed by atoms with Crippen LogP contribution >= 0.6 is 0 Å². The summed E-state index contributed by atoms with van der Waals surface area (Å²) in [6.45, 7) is 7.72. The Morgan fingerprint density at radius 2 is 1.38 bits per heavy atom. The Balaban J connectivity index is 0.000000504. The molecule has 7 N–H and O–H groups in total. The third kappa shape index (κ3) is 12.9. The molecule has 61 heavy (non-hydrogen) atoms. The minimum atomic E-state index is -5.08. The molecule has 1 saturated heterocycles. The molecule has 0 bridgehead atoms. The number of aromatic amines is 1. The number of benzene rings is 4. The summed E-state index contributed by atoms with van der Waals surface area (Å²) < 4.78 is 69.6. The number of fused-ring (bicyclic) bond motifs is 1. The number of aromatic hydroxyl groups is 2. The number of carboxylic acid groups (broad SMARTS) is 2. The SMILES string of the molecule is CC(C)N1CC(c2ccccc2)(c2cc(CCOc3ccc(CCNC[C@H](O)c4ccc(O)c5[nH]c(=O)ccc45)cc3)ccc2O)C1.O=C(O)C(F)(F)F.O=C(O)C(F)(F)F. The van der Waals surface area contributed by atoms with Gasteiger partial charge in [-0.1, -0.05) is 60.7 Å². The van der Waals surface area contributed by atoms with E-state index in [1.807, 2.05) is 30.3 Å². The van der Waals surface area contributed by atoms with Crippen molar-refractivity contribution in [1.82, 2.24) is 15.2 Å². The van der Waals surface area contributed by atoms with Gasteiger partial charge in [-0.3, -0.25) is 9.69 Å². The van der Waals surface area contributed by atoms with Gasteiger partial charge in [0.2, 0.25) is 5.56 Å². The van der Waals surface area contributed by atoms with E-state index in [1.54, 1.807) is 12.1 Å². The maximum atomic E-state index is 11.7. The van der Waals surface area contributed by atoms with Crippen molar-refractivity contribution in [3.05, 3.63) is 135 Å². The highest BCUT2D eigenvalue weighted by atomic mass is 19.4. The molecule has 1 atom stereocenters. The molecule has 5 aromatic rings. The average molecular weight is 862 g/mol. The van der Waals surface area contributed by atoms with Crippen molar-refractivity contribution in [2.24, 2.45) is 0 Å². The van der Waals surface area contributed by atoms with E-state index >= 15 is 0 Å². The Hall–Kier alpha value is -6.11. The Morgan fingerprint density at radius 3 is 1.95 bits per heavy atom. The predicted molar refractivity (Wildman–Crippen MR) is 213 cm³/mol. The zero-order valence-corrected chi connectivity index (χ0v) is 32.9. The van der Waals surface area contributed by atoms with Crippen LogP contribution in [0, 0.1) is 0 Å². The number of hydrogen-bond acceptors (Lipinski definition) is 9. The summed E-state index contributed by atoms with van der Waals surface area (Å²) in [6, 6.07) is 31.2. The number of halogens is 6. The number of H-pyrrole nitrogens is 1. The van der Waals surface area contributed by atoms with Crippen LogP contribution in [-0.2, 0) is 27.8 Å². The number of aliphatic carboxylic acids is 2. The summed E-state index contributed by atoms with van der Waals surface area (Å²) in [5, 5.41) is 50.0. The van der Waals surface area contributed by atoms with Gasteiger partial charge in [0, 0.05) is 54.5 Å². The molecule has 0 amide bonds. The first-order chi connectivity index (χ1) is 28.6. The minimum Gasteiger partial charge on any atom is -0.508 e. The zero-order chi connectivity index (χ0) is 45.1. The zero-order valence-electron chi connectivity index (χ0n) is 32.9. The normalized spacial score (nSPS) is 14.2. The van der Waals surface area contributed by atoms with Gasteiger partial charge >= 0.3 is 24.3 Å². The maximum Gasteiger partial charge on any atom is 0.490 e. The van der Waals surface area contributed by atoms with Crippen LogP contribution in [0.1, 0.15) is 47.8 Å². The smallest absolute Gasteiger partial charge is 0.490 e. The Labute approximate surface area is 345 Å². The van der Waals surface area contributed by atoms with E-state index in [1.165, 1.54) is 17.7 Å². The molecule has 0 spiro atoms. The van der Waals surface area contributed by atoms with Crippen molar-refractivity contribution in [1.29, 1.82) is 0 Å². The number of phenolic OH excluding ortho intramolecular Hbond substituents is 2. The number of nitrogens with zero attached hydrogens (tertiary/aromatic N) is 1. The fourth-order valence-corrected chi connectivity index (χ4v) is 6.57. The van der Waals surface area contributed by atoms with Crippen LogP contribution < -0.4 is 15.6 Å². The standard InChI is InChI=1S/C39H43N3O5.2C2HF3O2/c1-26(2)42-24-39(25-42,29-6-4-3-5-7-29)33-22-28(10-15-34(33)43)19-21-47-30-11-8-27(9-12-30)18-20-40-23-36(45)31-13-16-35(44)38-32(31)14-17-37(46)41-38;2*3-2(4,5)1(6)7/h3-17,22,26,36,40,43-45H,18-21,23-25H2,1-2H3,(H,41,46);2*(H,6,7)/t36-;;/m0../s1. The minimum absolute atomic E-state index is 0.0254. The van der Waals surface area contributed by atoms with E-state index in [4.69, 9.17) is 24.5 Å². The highest BCUT2D eigenvalue weighted by Crippen LogP contribution is 2.45. The first-order valence-electron chi connectivity index (χ1n) is 18.8. The lowest BCUT2D eigenvalue weighted by atomic mass is 9.67. The Bertz CT molecular complexity index is 2270. The summed E-state index contributed by atoms with van der Waals surface area (Å²) in [7, 11) is 0. The third-order valence-electron chi connectivity index (χ3n) is 9.84. The molecule has 1 fully saturated rings. The number of aliphatic hydroxyl groups excluding tert-OH is 1. The second-order valence-corrected chi connectivity index (χ2v) is 14.4. The van der Waals surface area contributed by atoms with Crippen molar-refractivity contribution in [3.63, 3.8) is 0 Å². The van der Waals surface area contributed by atoms with Gasteiger partial charge in [0.05, 0.1) is 18.2 Å². The van der Waals surface area contributed by atoms with E-state index < -0.39 is 30.4 Å². The fourth-order valence-electron chi connectivity index (χ4n) is 6.57. The molecule has 18 heteroatoms. The summed E-state index contributed by atoms with van der Waals surface area (Å²) in [4.78, 5) is 34.5. The maximum absolute atomic E-state index is 11.7. The number of alkyl halides is 6. The molecule has 328 valence electrons. The topological polar surface area (TPSA) is 193 Å². The number of aliphatic hydroxyl groups is 1. The molecule has 0 saturated carbocycles. The molecular formula is C43H45F6N3O9. The number of ether oxygens (including phenoxy) is 1. The van der Waals surface area contributed by atoms with Crippen LogP contribution in [0.5, 0.6) is 17.2 Å². The van der Waals surface area contributed by atoms with Crippen molar-refractivity contribution in [3.8, 4) is 17.2 Å². The van der Waals surface area contributed by atoms with Crippen LogP contribution in [0.3, 0.4) is 0 Å². The molecule has 12 nitrogen and oxygen atoms in total. The van der Waals surface area contributed by atoms with E-state index in [2.05, 4.69) is 71.5 Å². The van der Waals surface area contributed by atoms with Gasteiger partial charge in [-0.25, -0.2) is 9.59 Å². The van der Waals surface area contributed by atoms with E-state index in [0.29, 0.717) is 48.0 Å². The van der Waals surface area contributed by atoms with Crippen LogP contribution in [0.2, 0.25) is 0 Å². The summed E-state index contributed by atoms with van der Waals surface area (Å²) in [5.41, 5.74) is 4.94. The molecule has 0 aliphatic carbocycles. The van der Waals surface area contributed by atoms with Crippen LogP contribution in [0.15, 0.2) is 102 Å². The Kier molecular flexibility index (Phi) is 15.9. The van der Waals surface area contributed by atoms with Gasteiger partial charge in [0.25, 0.3) is 0 Å². The number of likely N-dealkylation sites (tertiary alicyclic amines) is 1. The molecule has 6 rings (SSSR count). The van der Waals surface area contributed by atoms with Crippen molar-refractivity contribution in [2.45, 2.75) is 56.6 Å². The van der Waals surface area contributed by atoms with Crippen molar-refractivity contribution in [2.75, 3.05) is 32.8 Å². The summed E-state index contributed by atoms with van der Waals surface area (Å²) in [6.07, 6.45) is -9.45. The van der Waals surface area contributed by atoms with Crippen molar-refractivity contribution < 1.29 is 66.2 Å². The van der Waals surface area contributed by atoms with Crippen LogP contribution in [0.25, 0.3) is 10.9 Å². The van der Waals surface area contributed by atoms with E-state index in [-0.39, 0.29) is 16.7 Å². The molecule has 1 aliphatic heterocycles. The molecule has 0 unspecified atom stereocenters. The molecule has 4 aromatic carbocycles. The Morgan fingerprint density at radius 1 is 0.803 bits per heavy atom. The molecule has 0 radical (unpaired) electrons. The number of carboxylic acids is 2. The number of phenols is 2. The lowest BCUT2D eigenvalue weighted by molar-refractivity contribution is -0.193. The highest BCUT2D eigenvalue weighted by molar-refractivity contribution is 5.87. The number of pyridine rings is 1. The van der Waals surface area contributed by atoms with Gasteiger partial charge in [-0.15, -0.1) is 0 Å². The number of rotatable bonds is 13. The van der Waals surface area contributed by atoms with Crippen molar-refractivity contribution >= 4 is 22.8 Å². The fraction of sp³-hybridized carbons (Fsp3) is 0.326. The number of nitrogens with one attached hydrogen (secondary N) is 2. The highest BCUT2D eigenvalue weighted by Gasteiger charge is 2.48.